The van der Waals surface area contributed by atoms with E-state index >= 15 is 0 Å². The topological polar surface area (TPSA) is 50.4 Å². The molecule has 1 aliphatic carbocycles. The minimum atomic E-state index is -0.0557. The highest BCUT2D eigenvalue weighted by Crippen LogP contribution is 2.23. The van der Waals surface area contributed by atoms with Crippen molar-refractivity contribution < 1.29 is 9.53 Å². The number of carbonyl (C=O) groups excluding carboxylic acids is 1. The molecule has 0 aromatic rings. The van der Waals surface area contributed by atoms with Gasteiger partial charge in [0.1, 0.15) is 0 Å². The summed E-state index contributed by atoms with van der Waals surface area (Å²) in [6.07, 6.45) is 4.51. The van der Waals surface area contributed by atoms with Crippen LogP contribution in [0.4, 0.5) is 0 Å². The standard InChI is InChI=1S/C11H20N2O2/c1-11(5-2-6-15-11)8-12-7-10(14)13-9-3-4-9/h9,12H,2-8H2,1H3,(H,13,14). The predicted molar refractivity (Wildman–Crippen MR) is 57.6 cm³/mol. The van der Waals surface area contributed by atoms with Crippen molar-refractivity contribution in [1.29, 1.82) is 0 Å². The summed E-state index contributed by atoms with van der Waals surface area (Å²) in [4.78, 5) is 11.4. The summed E-state index contributed by atoms with van der Waals surface area (Å²) in [7, 11) is 0. The number of nitrogens with one attached hydrogen (secondary N) is 2. The van der Waals surface area contributed by atoms with E-state index in [0.717, 1.165) is 38.8 Å². The van der Waals surface area contributed by atoms with Crippen molar-refractivity contribution >= 4 is 5.91 Å². The first-order chi connectivity index (χ1) is 7.18. The van der Waals surface area contributed by atoms with Crippen LogP contribution in [0.5, 0.6) is 0 Å². The van der Waals surface area contributed by atoms with Crippen LogP contribution in [-0.4, -0.2) is 37.2 Å². The van der Waals surface area contributed by atoms with Crippen molar-refractivity contribution in [1.82, 2.24) is 10.6 Å². The molecule has 2 N–H and O–H groups in total. The summed E-state index contributed by atoms with van der Waals surface area (Å²) in [6.45, 7) is 4.14. The first kappa shape index (κ1) is 10.9. The lowest BCUT2D eigenvalue weighted by atomic mass is 10.0. The van der Waals surface area contributed by atoms with E-state index in [2.05, 4.69) is 17.6 Å². The van der Waals surface area contributed by atoms with Gasteiger partial charge in [0.25, 0.3) is 0 Å². The van der Waals surface area contributed by atoms with Crippen molar-refractivity contribution in [3.63, 3.8) is 0 Å². The fourth-order valence-corrected chi connectivity index (χ4v) is 1.92. The van der Waals surface area contributed by atoms with Crippen LogP contribution in [0, 0.1) is 0 Å². The third-order valence-electron chi connectivity index (χ3n) is 3.03. The van der Waals surface area contributed by atoms with Gasteiger partial charge in [0.05, 0.1) is 12.1 Å². The van der Waals surface area contributed by atoms with E-state index in [1.54, 1.807) is 0 Å². The third kappa shape index (κ3) is 3.47. The largest absolute Gasteiger partial charge is 0.374 e. The Balaban J connectivity index is 1.58. The SMILES string of the molecule is CC1(CNCC(=O)NC2CC2)CCCO1. The predicted octanol–water partition coefficient (Wildman–Crippen LogP) is 0.424. The van der Waals surface area contributed by atoms with Gasteiger partial charge in [-0.1, -0.05) is 0 Å². The second kappa shape index (κ2) is 4.49. The zero-order valence-electron chi connectivity index (χ0n) is 9.34. The van der Waals surface area contributed by atoms with Crippen molar-refractivity contribution in [2.24, 2.45) is 0 Å². The lowest BCUT2D eigenvalue weighted by Crippen LogP contribution is -2.42. The molecule has 1 amide bonds. The number of hydrogen-bond acceptors (Lipinski definition) is 3. The average Bonchev–Trinajstić information content (AvgIpc) is 2.88. The molecule has 86 valence electrons. The number of ether oxygens (including phenoxy) is 1. The van der Waals surface area contributed by atoms with Gasteiger partial charge in [-0.15, -0.1) is 0 Å². The number of hydrogen-bond donors (Lipinski definition) is 2. The Labute approximate surface area is 90.8 Å². The molecule has 0 bridgehead atoms. The van der Waals surface area contributed by atoms with Crippen LogP contribution in [0.2, 0.25) is 0 Å². The fraction of sp³-hybridized carbons (Fsp3) is 0.909. The molecule has 0 aromatic heterocycles. The van der Waals surface area contributed by atoms with Crippen LogP contribution < -0.4 is 10.6 Å². The number of rotatable bonds is 5. The second-order valence-electron chi connectivity index (χ2n) is 4.85. The first-order valence-corrected chi connectivity index (χ1v) is 5.82. The molecular weight excluding hydrogens is 192 g/mol. The van der Waals surface area contributed by atoms with Gasteiger partial charge in [-0.25, -0.2) is 0 Å². The van der Waals surface area contributed by atoms with Crippen LogP contribution in [0.3, 0.4) is 0 Å². The second-order valence-corrected chi connectivity index (χ2v) is 4.85. The number of carbonyl (C=O) groups is 1. The highest BCUT2D eigenvalue weighted by Gasteiger charge is 2.29. The Kier molecular flexibility index (Phi) is 3.26. The van der Waals surface area contributed by atoms with Crippen LogP contribution in [0.25, 0.3) is 0 Å². The molecule has 2 fully saturated rings. The zero-order valence-corrected chi connectivity index (χ0v) is 9.34. The van der Waals surface area contributed by atoms with Gasteiger partial charge in [-0.3, -0.25) is 4.79 Å². The molecule has 1 atom stereocenters. The van der Waals surface area contributed by atoms with Gasteiger partial charge in [-0.2, -0.15) is 0 Å². The van der Waals surface area contributed by atoms with E-state index in [1.165, 1.54) is 0 Å². The molecule has 4 heteroatoms. The third-order valence-corrected chi connectivity index (χ3v) is 3.03. The van der Waals surface area contributed by atoms with Crippen LogP contribution in [-0.2, 0) is 9.53 Å². The van der Waals surface area contributed by atoms with Gasteiger partial charge in [-0.05, 0) is 32.6 Å². The molecule has 2 rings (SSSR count). The van der Waals surface area contributed by atoms with E-state index in [4.69, 9.17) is 4.74 Å². The maximum absolute atomic E-state index is 11.4. The minimum Gasteiger partial charge on any atom is -0.374 e. The Morgan fingerprint density at radius 2 is 2.33 bits per heavy atom. The first-order valence-electron chi connectivity index (χ1n) is 5.82. The maximum atomic E-state index is 11.4. The summed E-state index contributed by atoms with van der Waals surface area (Å²) >= 11 is 0. The summed E-state index contributed by atoms with van der Waals surface area (Å²) in [5.74, 6) is 0.110. The molecule has 0 aromatic carbocycles. The average molecular weight is 212 g/mol. The molecule has 1 saturated carbocycles. The molecule has 1 saturated heterocycles. The van der Waals surface area contributed by atoms with E-state index in [-0.39, 0.29) is 11.5 Å². The Morgan fingerprint density at radius 1 is 1.53 bits per heavy atom. The molecule has 0 spiro atoms. The van der Waals surface area contributed by atoms with Gasteiger partial charge >= 0.3 is 0 Å². The molecule has 1 unspecified atom stereocenters. The van der Waals surface area contributed by atoms with Crippen LogP contribution in [0.15, 0.2) is 0 Å². The van der Waals surface area contributed by atoms with Crippen molar-refractivity contribution in [2.75, 3.05) is 19.7 Å². The molecule has 0 radical (unpaired) electrons. The molecular formula is C11H20N2O2. The van der Waals surface area contributed by atoms with Gasteiger partial charge < -0.3 is 15.4 Å². The highest BCUT2D eigenvalue weighted by atomic mass is 16.5. The molecule has 4 nitrogen and oxygen atoms in total. The van der Waals surface area contributed by atoms with Crippen molar-refractivity contribution in [2.45, 2.75) is 44.2 Å². The Hall–Kier alpha value is -0.610. The monoisotopic (exact) mass is 212 g/mol. The Morgan fingerprint density at radius 3 is 2.93 bits per heavy atom. The normalized spacial score (nSPS) is 30.5. The molecule has 1 aliphatic heterocycles. The summed E-state index contributed by atoms with van der Waals surface area (Å²) in [5.41, 5.74) is -0.0557. The molecule has 2 aliphatic rings. The quantitative estimate of drug-likeness (QED) is 0.694. The number of amides is 1. The van der Waals surface area contributed by atoms with E-state index in [0.29, 0.717) is 12.6 Å². The smallest absolute Gasteiger partial charge is 0.234 e. The highest BCUT2D eigenvalue weighted by molar-refractivity contribution is 5.78. The molecule has 1 heterocycles. The van der Waals surface area contributed by atoms with E-state index < -0.39 is 0 Å². The summed E-state index contributed by atoms with van der Waals surface area (Å²) < 4.78 is 5.62. The van der Waals surface area contributed by atoms with Gasteiger partial charge in [0.15, 0.2) is 0 Å². The van der Waals surface area contributed by atoms with Crippen molar-refractivity contribution in [3.05, 3.63) is 0 Å². The lowest BCUT2D eigenvalue weighted by Gasteiger charge is -2.23. The van der Waals surface area contributed by atoms with Crippen molar-refractivity contribution in [3.8, 4) is 0 Å². The van der Waals surface area contributed by atoms with E-state index in [9.17, 15) is 4.79 Å². The summed E-state index contributed by atoms with van der Waals surface area (Å²) in [6, 6.07) is 0.456. The fourth-order valence-electron chi connectivity index (χ4n) is 1.92. The zero-order chi connectivity index (χ0) is 10.7. The van der Waals surface area contributed by atoms with Crippen LogP contribution in [0.1, 0.15) is 32.6 Å². The van der Waals surface area contributed by atoms with E-state index in [1.807, 2.05) is 0 Å². The lowest BCUT2D eigenvalue weighted by molar-refractivity contribution is -0.120. The summed E-state index contributed by atoms with van der Waals surface area (Å²) in [5, 5.41) is 6.11. The maximum Gasteiger partial charge on any atom is 0.234 e. The molecule has 15 heavy (non-hydrogen) atoms. The minimum absolute atomic E-state index is 0.0557. The van der Waals surface area contributed by atoms with Gasteiger partial charge in [0, 0.05) is 19.2 Å². The Bertz CT molecular complexity index is 233. The van der Waals surface area contributed by atoms with Gasteiger partial charge in [0.2, 0.25) is 5.91 Å². The van der Waals surface area contributed by atoms with Crippen LogP contribution >= 0.6 is 0 Å².